The van der Waals surface area contributed by atoms with Crippen molar-refractivity contribution in [2.75, 3.05) is 6.54 Å². The average molecular weight is 248 g/mol. The molecule has 0 aromatic carbocycles. The summed E-state index contributed by atoms with van der Waals surface area (Å²) in [7, 11) is 0. The number of aromatic hydroxyl groups is 1. The summed E-state index contributed by atoms with van der Waals surface area (Å²) >= 11 is 1.64. The maximum absolute atomic E-state index is 11.7. The number of amides is 1. The predicted molar refractivity (Wildman–Crippen MR) is 66.3 cm³/mol. The lowest BCUT2D eigenvalue weighted by Gasteiger charge is -2.05. The Hall–Kier alpha value is -1.88. The van der Waals surface area contributed by atoms with Gasteiger partial charge in [-0.15, -0.1) is 0 Å². The Bertz CT molecular complexity index is 497. The molecule has 0 fully saturated rings. The van der Waals surface area contributed by atoms with E-state index in [1.165, 1.54) is 24.0 Å². The van der Waals surface area contributed by atoms with Crippen molar-refractivity contribution in [1.29, 1.82) is 0 Å². The molecule has 0 aliphatic carbocycles. The van der Waals surface area contributed by atoms with E-state index in [1.54, 1.807) is 11.3 Å². The van der Waals surface area contributed by atoms with Crippen molar-refractivity contribution in [3.8, 4) is 5.75 Å². The van der Waals surface area contributed by atoms with Crippen LogP contribution in [0.25, 0.3) is 0 Å². The Balaban J connectivity index is 1.88. The van der Waals surface area contributed by atoms with E-state index in [2.05, 4.69) is 15.7 Å². The number of aromatic nitrogens is 1. The van der Waals surface area contributed by atoms with Gasteiger partial charge in [-0.3, -0.25) is 9.78 Å². The molecule has 0 saturated heterocycles. The summed E-state index contributed by atoms with van der Waals surface area (Å²) in [5.74, 6) is -0.374. The quantitative estimate of drug-likeness (QED) is 0.867. The maximum atomic E-state index is 11.7. The third kappa shape index (κ3) is 3.04. The van der Waals surface area contributed by atoms with Crippen LogP contribution >= 0.6 is 11.3 Å². The zero-order valence-electron chi connectivity index (χ0n) is 9.09. The average Bonchev–Trinajstić information content (AvgIpc) is 2.82. The van der Waals surface area contributed by atoms with Crippen LogP contribution in [0.4, 0.5) is 0 Å². The van der Waals surface area contributed by atoms with E-state index in [1.807, 2.05) is 11.4 Å². The van der Waals surface area contributed by atoms with Crippen molar-refractivity contribution < 1.29 is 9.90 Å². The molecule has 0 bridgehead atoms. The van der Waals surface area contributed by atoms with Gasteiger partial charge in [-0.1, -0.05) is 0 Å². The fourth-order valence-corrected chi connectivity index (χ4v) is 2.13. The van der Waals surface area contributed by atoms with Gasteiger partial charge in [-0.25, -0.2) is 0 Å². The fraction of sp³-hybridized carbons (Fsp3) is 0.167. The molecule has 0 spiro atoms. The number of nitrogens with one attached hydrogen (secondary N) is 1. The van der Waals surface area contributed by atoms with Crippen LogP contribution in [0.5, 0.6) is 5.75 Å². The standard InChI is InChI=1S/C12H12N2O2S/c15-11-7-13-4-2-10(11)12(16)14-5-1-9-3-6-17-8-9/h2-4,6-8,15H,1,5H2,(H,14,16). The first kappa shape index (κ1) is 11.6. The Morgan fingerprint density at radius 3 is 3.06 bits per heavy atom. The molecule has 2 N–H and O–H groups in total. The molecule has 0 aliphatic heterocycles. The Morgan fingerprint density at radius 1 is 1.47 bits per heavy atom. The minimum atomic E-state index is -0.278. The number of pyridine rings is 1. The number of rotatable bonds is 4. The van der Waals surface area contributed by atoms with Gasteiger partial charge in [0.15, 0.2) is 0 Å². The normalized spacial score (nSPS) is 10.1. The number of hydrogen-bond donors (Lipinski definition) is 2. The van der Waals surface area contributed by atoms with E-state index in [4.69, 9.17) is 0 Å². The van der Waals surface area contributed by atoms with Gasteiger partial charge in [-0.2, -0.15) is 11.3 Å². The summed E-state index contributed by atoms with van der Waals surface area (Å²) in [6, 6.07) is 3.52. The van der Waals surface area contributed by atoms with Crippen molar-refractivity contribution in [2.24, 2.45) is 0 Å². The number of carbonyl (C=O) groups is 1. The second kappa shape index (κ2) is 5.45. The van der Waals surface area contributed by atoms with Crippen LogP contribution < -0.4 is 5.32 Å². The van der Waals surface area contributed by atoms with Crippen molar-refractivity contribution in [3.05, 3.63) is 46.4 Å². The number of carbonyl (C=O) groups excluding carboxylic acids is 1. The molecular formula is C12H12N2O2S. The summed E-state index contributed by atoms with van der Waals surface area (Å²) in [6.07, 6.45) is 3.53. The third-order valence-electron chi connectivity index (χ3n) is 2.32. The molecule has 0 unspecified atom stereocenters. The van der Waals surface area contributed by atoms with Crippen molar-refractivity contribution >= 4 is 17.2 Å². The molecule has 1 amide bonds. The van der Waals surface area contributed by atoms with Gasteiger partial charge in [0.1, 0.15) is 5.75 Å². The highest BCUT2D eigenvalue weighted by atomic mass is 32.1. The second-order valence-corrected chi connectivity index (χ2v) is 4.31. The van der Waals surface area contributed by atoms with Gasteiger partial charge >= 0.3 is 0 Å². The highest BCUT2D eigenvalue weighted by Crippen LogP contribution is 2.13. The van der Waals surface area contributed by atoms with Gasteiger partial charge in [0.2, 0.25) is 0 Å². The smallest absolute Gasteiger partial charge is 0.255 e. The summed E-state index contributed by atoms with van der Waals surface area (Å²) < 4.78 is 0. The van der Waals surface area contributed by atoms with E-state index in [0.29, 0.717) is 6.54 Å². The molecule has 0 saturated carbocycles. The van der Waals surface area contributed by atoms with E-state index < -0.39 is 0 Å². The zero-order chi connectivity index (χ0) is 12.1. The molecule has 2 aromatic rings. The molecule has 4 nitrogen and oxygen atoms in total. The Labute approximate surface area is 103 Å². The maximum Gasteiger partial charge on any atom is 0.255 e. The van der Waals surface area contributed by atoms with Gasteiger partial charge < -0.3 is 10.4 Å². The Morgan fingerprint density at radius 2 is 2.35 bits per heavy atom. The van der Waals surface area contributed by atoms with E-state index in [-0.39, 0.29) is 17.2 Å². The zero-order valence-corrected chi connectivity index (χ0v) is 9.91. The molecular weight excluding hydrogens is 236 g/mol. The molecule has 0 radical (unpaired) electrons. The lowest BCUT2D eigenvalue weighted by molar-refractivity contribution is 0.0951. The number of nitrogens with zero attached hydrogens (tertiary/aromatic N) is 1. The summed E-state index contributed by atoms with van der Waals surface area (Å²) in [5.41, 5.74) is 1.46. The molecule has 2 heterocycles. The molecule has 2 rings (SSSR count). The topological polar surface area (TPSA) is 62.2 Å². The first-order valence-corrected chi connectivity index (χ1v) is 6.14. The number of thiophene rings is 1. The monoisotopic (exact) mass is 248 g/mol. The van der Waals surface area contributed by atoms with Crippen molar-refractivity contribution in [2.45, 2.75) is 6.42 Å². The first-order chi connectivity index (χ1) is 8.27. The van der Waals surface area contributed by atoms with Crippen LogP contribution in [-0.4, -0.2) is 22.5 Å². The predicted octanol–water partition coefficient (Wildman–Crippen LogP) is 1.82. The number of hydrogen-bond acceptors (Lipinski definition) is 4. The Kier molecular flexibility index (Phi) is 3.72. The molecule has 88 valence electrons. The molecule has 17 heavy (non-hydrogen) atoms. The van der Waals surface area contributed by atoms with Crippen LogP contribution in [0.1, 0.15) is 15.9 Å². The summed E-state index contributed by atoms with van der Waals surface area (Å²) in [6.45, 7) is 0.553. The van der Waals surface area contributed by atoms with Gasteiger partial charge in [0.25, 0.3) is 5.91 Å². The van der Waals surface area contributed by atoms with Crippen molar-refractivity contribution in [3.63, 3.8) is 0 Å². The van der Waals surface area contributed by atoms with Crippen LogP contribution in [0.2, 0.25) is 0 Å². The van der Waals surface area contributed by atoms with Crippen molar-refractivity contribution in [1.82, 2.24) is 10.3 Å². The minimum absolute atomic E-state index is 0.0967. The SMILES string of the molecule is O=C(NCCc1ccsc1)c1ccncc1O. The van der Waals surface area contributed by atoms with Crippen LogP contribution in [0, 0.1) is 0 Å². The molecule has 0 atom stereocenters. The molecule has 0 aliphatic rings. The lowest BCUT2D eigenvalue weighted by atomic mass is 10.2. The van der Waals surface area contributed by atoms with Gasteiger partial charge in [0.05, 0.1) is 11.8 Å². The van der Waals surface area contributed by atoms with Gasteiger partial charge in [-0.05, 0) is 34.9 Å². The summed E-state index contributed by atoms with van der Waals surface area (Å²) in [4.78, 5) is 15.4. The van der Waals surface area contributed by atoms with Gasteiger partial charge in [0, 0.05) is 12.7 Å². The third-order valence-corrected chi connectivity index (χ3v) is 3.06. The fourth-order valence-electron chi connectivity index (χ4n) is 1.43. The molecule has 5 heteroatoms. The van der Waals surface area contributed by atoms with Crippen LogP contribution in [-0.2, 0) is 6.42 Å². The minimum Gasteiger partial charge on any atom is -0.505 e. The second-order valence-electron chi connectivity index (χ2n) is 3.53. The summed E-state index contributed by atoms with van der Waals surface area (Å²) in [5, 5.41) is 16.3. The van der Waals surface area contributed by atoms with E-state index in [9.17, 15) is 9.90 Å². The largest absolute Gasteiger partial charge is 0.505 e. The van der Waals surface area contributed by atoms with Crippen LogP contribution in [0.15, 0.2) is 35.3 Å². The highest BCUT2D eigenvalue weighted by Gasteiger charge is 2.09. The highest BCUT2D eigenvalue weighted by molar-refractivity contribution is 7.07. The van der Waals surface area contributed by atoms with Crippen LogP contribution in [0.3, 0.4) is 0 Å². The van der Waals surface area contributed by atoms with E-state index >= 15 is 0 Å². The van der Waals surface area contributed by atoms with E-state index in [0.717, 1.165) is 6.42 Å². The lowest BCUT2D eigenvalue weighted by Crippen LogP contribution is -2.25. The molecule has 2 aromatic heterocycles. The first-order valence-electron chi connectivity index (χ1n) is 5.19.